The molecule has 0 spiro atoms. The minimum Gasteiger partial charge on any atom is -0.395 e. The number of nitrogens with one attached hydrogen (secondary N) is 1. The Bertz CT molecular complexity index is 433. The molecule has 1 aromatic rings. The van der Waals surface area contributed by atoms with Crippen LogP contribution < -0.4 is 5.32 Å². The van der Waals surface area contributed by atoms with Gasteiger partial charge in [-0.1, -0.05) is 30.9 Å². The van der Waals surface area contributed by atoms with Crippen LogP contribution in [-0.4, -0.2) is 40.2 Å². The van der Waals surface area contributed by atoms with E-state index in [-0.39, 0.29) is 18.7 Å². The van der Waals surface area contributed by atoms with Crippen molar-refractivity contribution in [3.63, 3.8) is 0 Å². The van der Waals surface area contributed by atoms with Crippen molar-refractivity contribution in [3.8, 4) is 0 Å². The summed E-state index contributed by atoms with van der Waals surface area (Å²) in [6.07, 6.45) is 7.05. The van der Waals surface area contributed by atoms with E-state index in [0.717, 1.165) is 25.7 Å². The van der Waals surface area contributed by atoms with Crippen LogP contribution >= 0.6 is 11.6 Å². The Labute approximate surface area is 123 Å². The lowest BCUT2D eigenvalue weighted by Crippen LogP contribution is -2.45. The molecule has 6 heteroatoms. The van der Waals surface area contributed by atoms with Gasteiger partial charge in [-0.25, -0.2) is 9.78 Å². The van der Waals surface area contributed by atoms with Gasteiger partial charge in [-0.15, -0.1) is 0 Å². The minimum absolute atomic E-state index is 0.0250. The van der Waals surface area contributed by atoms with Crippen molar-refractivity contribution in [2.45, 2.75) is 38.1 Å². The van der Waals surface area contributed by atoms with Crippen molar-refractivity contribution in [1.29, 1.82) is 0 Å². The molecule has 0 saturated heterocycles. The van der Waals surface area contributed by atoms with Gasteiger partial charge in [-0.2, -0.15) is 0 Å². The van der Waals surface area contributed by atoms with Crippen LogP contribution in [0.25, 0.3) is 0 Å². The summed E-state index contributed by atoms with van der Waals surface area (Å²) in [4.78, 5) is 18.0. The predicted molar refractivity (Wildman–Crippen MR) is 78.9 cm³/mol. The van der Waals surface area contributed by atoms with Gasteiger partial charge in [-0.05, 0) is 25.0 Å². The predicted octanol–water partition coefficient (Wildman–Crippen LogP) is 2.89. The molecule has 2 N–H and O–H groups in total. The summed E-state index contributed by atoms with van der Waals surface area (Å²) in [6.45, 7) is 0.334. The lowest BCUT2D eigenvalue weighted by atomic mass is 9.94. The van der Waals surface area contributed by atoms with E-state index in [1.165, 1.54) is 12.6 Å². The van der Waals surface area contributed by atoms with Gasteiger partial charge in [0, 0.05) is 12.6 Å². The molecule has 20 heavy (non-hydrogen) atoms. The number of aliphatic hydroxyl groups excluding tert-OH is 1. The zero-order valence-electron chi connectivity index (χ0n) is 11.4. The number of nitrogens with zero attached hydrogens (tertiary/aromatic N) is 2. The maximum atomic E-state index is 12.3. The van der Waals surface area contributed by atoms with Crippen molar-refractivity contribution < 1.29 is 9.90 Å². The fraction of sp³-hybridized carbons (Fsp3) is 0.571. The Hall–Kier alpha value is -1.33. The van der Waals surface area contributed by atoms with Gasteiger partial charge in [0.2, 0.25) is 0 Å². The largest absolute Gasteiger partial charge is 0.395 e. The summed E-state index contributed by atoms with van der Waals surface area (Å²) in [6, 6.07) is 3.38. The van der Waals surface area contributed by atoms with Crippen molar-refractivity contribution >= 4 is 23.3 Å². The monoisotopic (exact) mass is 297 g/mol. The Kier molecular flexibility index (Phi) is 5.61. The molecule has 110 valence electrons. The highest BCUT2D eigenvalue weighted by Gasteiger charge is 2.25. The van der Waals surface area contributed by atoms with Crippen LogP contribution in [0, 0.1) is 0 Å². The van der Waals surface area contributed by atoms with Crippen molar-refractivity contribution in [1.82, 2.24) is 9.88 Å². The third-order valence-corrected chi connectivity index (χ3v) is 3.82. The molecule has 0 bridgehead atoms. The van der Waals surface area contributed by atoms with Gasteiger partial charge >= 0.3 is 6.03 Å². The van der Waals surface area contributed by atoms with Gasteiger partial charge in [0.1, 0.15) is 5.15 Å². The number of pyridine rings is 1. The summed E-state index contributed by atoms with van der Waals surface area (Å²) in [5.74, 6) is 0. The second-order valence-corrected chi connectivity index (χ2v) is 5.40. The SMILES string of the molecule is O=C(Nc1ccc(Cl)nc1)N(CCO)C1CCCCC1. The molecule has 0 radical (unpaired) electrons. The van der Waals surface area contributed by atoms with E-state index in [4.69, 9.17) is 16.7 Å². The molecular formula is C14H20ClN3O2. The van der Waals surface area contributed by atoms with E-state index >= 15 is 0 Å². The minimum atomic E-state index is -0.185. The Balaban J connectivity index is 2.00. The standard InChI is InChI=1S/C14H20ClN3O2/c15-13-7-6-11(10-16-13)17-14(20)18(8-9-19)12-4-2-1-3-5-12/h6-7,10,12,19H,1-5,8-9H2,(H,17,20). The highest BCUT2D eigenvalue weighted by atomic mass is 35.5. The summed E-state index contributed by atoms with van der Waals surface area (Å²) in [7, 11) is 0. The van der Waals surface area contributed by atoms with Crippen LogP contribution in [0.15, 0.2) is 18.3 Å². The Morgan fingerprint density at radius 2 is 2.15 bits per heavy atom. The summed E-state index contributed by atoms with van der Waals surface area (Å²) in [5, 5.41) is 12.4. The van der Waals surface area contributed by atoms with E-state index in [1.54, 1.807) is 17.0 Å². The van der Waals surface area contributed by atoms with Crippen molar-refractivity contribution in [2.24, 2.45) is 0 Å². The van der Waals surface area contributed by atoms with Crippen molar-refractivity contribution in [2.75, 3.05) is 18.5 Å². The van der Waals surface area contributed by atoms with Crippen molar-refractivity contribution in [3.05, 3.63) is 23.5 Å². The molecule has 1 aliphatic carbocycles. The molecule has 1 fully saturated rings. The van der Waals surface area contributed by atoms with E-state index in [2.05, 4.69) is 10.3 Å². The second-order valence-electron chi connectivity index (χ2n) is 5.01. The first-order valence-corrected chi connectivity index (χ1v) is 7.38. The number of urea groups is 1. The summed E-state index contributed by atoms with van der Waals surface area (Å²) < 4.78 is 0. The van der Waals surface area contributed by atoms with Gasteiger partial charge < -0.3 is 15.3 Å². The molecular weight excluding hydrogens is 278 g/mol. The number of hydrogen-bond acceptors (Lipinski definition) is 3. The van der Waals surface area contributed by atoms with Crippen LogP contribution in [0.5, 0.6) is 0 Å². The quantitative estimate of drug-likeness (QED) is 0.840. The molecule has 1 saturated carbocycles. The number of anilines is 1. The van der Waals surface area contributed by atoms with Crippen LogP contribution in [0.2, 0.25) is 5.15 Å². The zero-order chi connectivity index (χ0) is 14.4. The summed E-state index contributed by atoms with van der Waals surface area (Å²) in [5.41, 5.74) is 0.609. The Morgan fingerprint density at radius 3 is 2.75 bits per heavy atom. The van der Waals surface area contributed by atoms with E-state index in [1.807, 2.05) is 0 Å². The Morgan fingerprint density at radius 1 is 1.40 bits per heavy atom. The number of amides is 2. The highest BCUT2D eigenvalue weighted by Crippen LogP contribution is 2.23. The molecule has 1 aromatic heterocycles. The number of aromatic nitrogens is 1. The average molecular weight is 298 g/mol. The molecule has 5 nitrogen and oxygen atoms in total. The molecule has 2 amide bonds. The highest BCUT2D eigenvalue weighted by molar-refractivity contribution is 6.29. The molecule has 1 heterocycles. The third kappa shape index (κ3) is 4.08. The topological polar surface area (TPSA) is 65.5 Å². The zero-order valence-corrected chi connectivity index (χ0v) is 12.1. The first-order chi connectivity index (χ1) is 9.70. The maximum absolute atomic E-state index is 12.3. The fourth-order valence-electron chi connectivity index (χ4n) is 2.60. The molecule has 0 atom stereocenters. The van der Waals surface area contributed by atoms with Gasteiger partial charge in [0.25, 0.3) is 0 Å². The van der Waals surface area contributed by atoms with E-state index in [0.29, 0.717) is 17.4 Å². The molecule has 1 aliphatic rings. The van der Waals surface area contributed by atoms with Gasteiger partial charge in [0.15, 0.2) is 0 Å². The third-order valence-electron chi connectivity index (χ3n) is 3.60. The number of hydrogen-bond donors (Lipinski definition) is 2. The molecule has 0 aromatic carbocycles. The summed E-state index contributed by atoms with van der Waals surface area (Å²) >= 11 is 5.71. The lowest BCUT2D eigenvalue weighted by Gasteiger charge is -2.33. The number of carbonyl (C=O) groups is 1. The normalized spacial score (nSPS) is 15.9. The van der Waals surface area contributed by atoms with Crippen LogP contribution in [0.4, 0.5) is 10.5 Å². The van der Waals surface area contributed by atoms with Crippen LogP contribution in [0.1, 0.15) is 32.1 Å². The second kappa shape index (κ2) is 7.45. The van der Waals surface area contributed by atoms with Crippen LogP contribution in [-0.2, 0) is 0 Å². The molecule has 0 unspecified atom stereocenters. The van der Waals surface area contributed by atoms with Gasteiger partial charge in [-0.3, -0.25) is 0 Å². The smallest absolute Gasteiger partial charge is 0.322 e. The average Bonchev–Trinajstić information content (AvgIpc) is 2.48. The van der Waals surface area contributed by atoms with E-state index < -0.39 is 0 Å². The maximum Gasteiger partial charge on any atom is 0.322 e. The first kappa shape index (κ1) is 15.1. The van der Waals surface area contributed by atoms with Crippen LogP contribution in [0.3, 0.4) is 0 Å². The number of halogens is 1. The number of rotatable bonds is 4. The number of carbonyl (C=O) groups excluding carboxylic acids is 1. The molecule has 2 rings (SSSR count). The first-order valence-electron chi connectivity index (χ1n) is 7.01. The molecule has 0 aliphatic heterocycles. The number of aliphatic hydroxyl groups is 1. The lowest BCUT2D eigenvalue weighted by molar-refractivity contribution is 0.144. The fourth-order valence-corrected chi connectivity index (χ4v) is 2.71. The van der Waals surface area contributed by atoms with Gasteiger partial charge in [0.05, 0.1) is 18.5 Å². The van der Waals surface area contributed by atoms with E-state index in [9.17, 15) is 4.79 Å².